The Bertz CT molecular complexity index is 647. The third-order valence-electron chi connectivity index (χ3n) is 3.01. The van der Waals surface area contributed by atoms with E-state index in [1.54, 1.807) is 0 Å². The van der Waals surface area contributed by atoms with Gasteiger partial charge in [-0.1, -0.05) is 48.5 Å². The molecule has 0 aliphatic carbocycles. The average molecular weight is 269 g/mol. The minimum atomic E-state index is -0.168. The Morgan fingerprint density at radius 2 is 1.47 bits per heavy atom. The molecule has 0 saturated heterocycles. The van der Waals surface area contributed by atoms with Gasteiger partial charge >= 0.3 is 0 Å². The van der Waals surface area contributed by atoms with Gasteiger partial charge in [-0.3, -0.25) is 0 Å². The molecule has 0 N–H and O–H groups in total. The first-order valence-corrected chi connectivity index (χ1v) is 6.57. The zero-order chi connectivity index (χ0) is 13.1. The van der Waals surface area contributed by atoms with Crippen LogP contribution in [0.5, 0.6) is 0 Å². The van der Waals surface area contributed by atoms with Gasteiger partial charge in [-0.25, -0.2) is 4.68 Å². The van der Waals surface area contributed by atoms with Crippen molar-refractivity contribution in [2.75, 3.05) is 0 Å². The van der Waals surface area contributed by atoms with E-state index >= 15 is 0 Å². The maximum Gasteiger partial charge on any atom is 0.0865 e. The maximum atomic E-state index is 6.48. The molecule has 3 heteroatoms. The minimum absolute atomic E-state index is 0.168. The molecule has 3 aromatic rings. The molecule has 3 rings (SSSR count). The van der Waals surface area contributed by atoms with Crippen LogP contribution in [0.15, 0.2) is 73.1 Å². The molecule has 2 aromatic carbocycles. The normalized spacial score (nSPS) is 12.3. The van der Waals surface area contributed by atoms with E-state index in [1.165, 1.54) is 0 Å². The summed E-state index contributed by atoms with van der Waals surface area (Å²) in [5.74, 6) is 0. The van der Waals surface area contributed by atoms with Gasteiger partial charge in [0.05, 0.1) is 17.3 Å². The lowest BCUT2D eigenvalue weighted by atomic mass is 10.1. The fourth-order valence-corrected chi connectivity index (χ4v) is 2.26. The van der Waals surface area contributed by atoms with Crippen molar-refractivity contribution in [3.8, 4) is 5.69 Å². The van der Waals surface area contributed by atoms with Gasteiger partial charge in [-0.15, -0.1) is 11.6 Å². The molecule has 0 aliphatic heterocycles. The fourth-order valence-electron chi connectivity index (χ4n) is 2.00. The molecule has 0 fully saturated rings. The minimum Gasteiger partial charge on any atom is -0.241 e. The van der Waals surface area contributed by atoms with Crippen LogP contribution in [0.3, 0.4) is 0 Å². The third kappa shape index (κ3) is 2.54. The average Bonchev–Trinajstić information content (AvgIpc) is 2.98. The fraction of sp³-hybridized carbons (Fsp3) is 0.0625. The van der Waals surface area contributed by atoms with Crippen LogP contribution in [-0.2, 0) is 0 Å². The molecule has 1 atom stereocenters. The predicted octanol–water partition coefficient (Wildman–Crippen LogP) is 4.20. The molecule has 2 nitrogen and oxygen atoms in total. The highest BCUT2D eigenvalue weighted by Gasteiger charge is 2.12. The second-order valence-electron chi connectivity index (χ2n) is 4.33. The van der Waals surface area contributed by atoms with Gasteiger partial charge < -0.3 is 0 Å². The number of hydrogen-bond donors (Lipinski definition) is 0. The molecular weight excluding hydrogens is 256 g/mol. The van der Waals surface area contributed by atoms with Gasteiger partial charge in [0.2, 0.25) is 0 Å². The van der Waals surface area contributed by atoms with E-state index in [-0.39, 0.29) is 5.38 Å². The summed E-state index contributed by atoms with van der Waals surface area (Å²) in [6.07, 6.45) is 3.79. The topological polar surface area (TPSA) is 17.8 Å². The second kappa shape index (κ2) is 5.29. The number of halogens is 1. The van der Waals surface area contributed by atoms with Gasteiger partial charge in [-0.05, 0) is 17.7 Å². The number of rotatable bonds is 3. The third-order valence-corrected chi connectivity index (χ3v) is 3.51. The largest absolute Gasteiger partial charge is 0.241 e. The van der Waals surface area contributed by atoms with Gasteiger partial charge in [0, 0.05) is 11.8 Å². The van der Waals surface area contributed by atoms with Crippen LogP contribution in [0, 0.1) is 0 Å². The van der Waals surface area contributed by atoms with Crippen molar-refractivity contribution in [2.45, 2.75) is 5.38 Å². The van der Waals surface area contributed by atoms with E-state index in [1.807, 2.05) is 77.7 Å². The van der Waals surface area contributed by atoms with Crippen molar-refractivity contribution in [2.24, 2.45) is 0 Å². The molecule has 0 amide bonds. The lowest BCUT2D eigenvalue weighted by Crippen LogP contribution is -1.94. The molecule has 0 spiro atoms. The summed E-state index contributed by atoms with van der Waals surface area (Å²) < 4.78 is 1.84. The molecule has 1 heterocycles. The van der Waals surface area contributed by atoms with Gasteiger partial charge in [0.25, 0.3) is 0 Å². The molecule has 1 aromatic heterocycles. The summed E-state index contributed by atoms with van der Waals surface area (Å²) in [4.78, 5) is 0. The van der Waals surface area contributed by atoms with Crippen molar-refractivity contribution in [3.63, 3.8) is 0 Å². The van der Waals surface area contributed by atoms with Crippen LogP contribution in [0.1, 0.15) is 16.5 Å². The van der Waals surface area contributed by atoms with E-state index < -0.39 is 0 Å². The lowest BCUT2D eigenvalue weighted by Gasteiger charge is -2.06. The number of alkyl halides is 1. The summed E-state index contributed by atoms with van der Waals surface area (Å²) in [6, 6.07) is 20.0. The van der Waals surface area contributed by atoms with E-state index in [0.29, 0.717) is 0 Å². The predicted molar refractivity (Wildman–Crippen MR) is 77.7 cm³/mol. The van der Waals surface area contributed by atoms with Crippen molar-refractivity contribution in [1.29, 1.82) is 0 Å². The standard InChI is InChI=1S/C16H13ClN2/c17-16(13-7-3-1-4-8-13)14-11-18-19(12-14)15-9-5-2-6-10-15/h1-12,16H. The second-order valence-corrected chi connectivity index (χ2v) is 4.76. The number of aromatic nitrogens is 2. The van der Waals surface area contributed by atoms with Crippen LogP contribution in [0.2, 0.25) is 0 Å². The van der Waals surface area contributed by atoms with Crippen LogP contribution < -0.4 is 0 Å². The summed E-state index contributed by atoms with van der Waals surface area (Å²) in [5.41, 5.74) is 3.11. The zero-order valence-electron chi connectivity index (χ0n) is 10.3. The maximum absolute atomic E-state index is 6.48. The number of para-hydroxylation sites is 1. The van der Waals surface area contributed by atoms with Crippen molar-refractivity contribution in [1.82, 2.24) is 9.78 Å². The van der Waals surface area contributed by atoms with E-state index in [9.17, 15) is 0 Å². The first-order chi connectivity index (χ1) is 9.34. The molecular formula is C16H13ClN2. The SMILES string of the molecule is ClC(c1ccccc1)c1cnn(-c2ccccc2)c1. The Kier molecular flexibility index (Phi) is 3.34. The summed E-state index contributed by atoms with van der Waals surface area (Å²) in [6.45, 7) is 0. The zero-order valence-corrected chi connectivity index (χ0v) is 11.0. The smallest absolute Gasteiger partial charge is 0.0865 e. The highest BCUT2D eigenvalue weighted by molar-refractivity contribution is 6.22. The Labute approximate surface area is 117 Å². The molecule has 1 unspecified atom stereocenters. The van der Waals surface area contributed by atoms with Crippen LogP contribution in [0.4, 0.5) is 0 Å². The summed E-state index contributed by atoms with van der Waals surface area (Å²) >= 11 is 6.48. The number of benzene rings is 2. The molecule has 19 heavy (non-hydrogen) atoms. The number of hydrogen-bond acceptors (Lipinski definition) is 1. The van der Waals surface area contributed by atoms with Crippen LogP contribution >= 0.6 is 11.6 Å². The summed E-state index contributed by atoms with van der Waals surface area (Å²) in [5, 5.41) is 4.20. The monoisotopic (exact) mass is 268 g/mol. The Balaban J connectivity index is 1.90. The van der Waals surface area contributed by atoms with E-state index in [4.69, 9.17) is 11.6 Å². The Morgan fingerprint density at radius 1 is 0.842 bits per heavy atom. The Hall–Kier alpha value is -2.06. The van der Waals surface area contributed by atoms with Gasteiger partial charge in [0.1, 0.15) is 0 Å². The quantitative estimate of drug-likeness (QED) is 0.651. The number of nitrogens with zero attached hydrogens (tertiary/aromatic N) is 2. The molecule has 0 aliphatic rings. The highest BCUT2D eigenvalue weighted by Crippen LogP contribution is 2.28. The first-order valence-electron chi connectivity index (χ1n) is 6.13. The van der Waals surface area contributed by atoms with Crippen LogP contribution in [-0.4, -0.2) is 9.78 Å². The van der Waals surface area contributed by atoms with Crippen molar-refractivity contribution in [3.05, 3.63) is 84.2 Å². The van der Waals surface area contributed by atoms with Crippen molar-refractivity contribution < 1.29 is 0 Å². The molecule has 0 bridgehead atoms. The van der Waals surface area contributed by atoms with Gasteiger partial charge in [0.15, 0.2) is 0 Å². The van der Waals surface area contributed by atoms with E-state index in [2.05, 4.69) is 5.10 Å². The van der Waals surface area contributed by atoms with E-state index in [0.717, 1.165) is 16.8 Å². The lowest BCUT2D eigenvalue weighted by molar-refractivity contribution is 0.880. The summed E-state index contributed by atoms with van der Waals surface area (Å²) in [7, 11) is 0. The molecule has 94 valence electrons. The highest BCUT2D eigenvalue weighted by atomic mass is 35.5. The van der Waals surface area contributed by atoms with Gasteiger partial charge in [-0.2, -0.15) is 5.10 Å². The van der Waals surface area contributed by atoms with Crippen LogP contribution in [0.25, 0.3) is 5.69 Å². The Morgan fingerprint density at radius 3 is 2.16 bits per heavy atom. The molecule has 0 saturated carbocycles. The molecule has 0 radical (unpaired) electrons. The first kappa shape index (κ1) is 12.0. The van der Waals surface area contributed by atoms with Crippen molar-refractivity contribution >= 4 is 11.6 Å².